The standard InChI is InChI=1S/C14H8ClFN4O2/c15-11-6-12-10(5-13(11)20(21)22)14(18-7-17-12)19-9-3-1-8(16)2-4-9/h1-7H,(H,17,18,19). The molecule has 0 unspecified atom stereocenters. The third-order valence-electron chi connectivity index (χ3n) is 3.01. The molecule has 0 radical (unpaired) electrons. The van der Waals surface area contributed by atoms with Crippen molar-refractivity contribution in [1.29, 1.82) is 0 Å². The normalized spacial score (nSPS) is 10.6. The number of anilines is 2. The van der Waals surface area contributed by atoms with E-state index in [2.05, 4.69) is 15.3 Å². The van der Waals surface area contributed by atoms with Gasteiger partial charge < -0.3 is 5.32 Å². The minimum atomic E-state index is -0.573. The van der Waals surface area contributed by atoms with E-state index in [-0.39, 0.29) is 16.5 Å². The largest absolute Gasteiger partial charge is 0.340 e. The molecular formula is C14H8ClFN4O2. The molecule has 22 heavy (non-hydrogen) atoms. The number of nitro benzene ring substituents is 1. The van der Waals surface area contributed by atoms with Crippen molar-refractivity contribution in [3.05, 3.63) is 63.7 Å². The molecule has 0 atom stereocenters. The molecule has 1 heterocycles. The smallest absolute Gasteiger partial charge is 0.288 e. The minimum Gasteiger partial charge on any atom is -0.340 e. The summed E-state index contributed by atoms with van der Waals surface area (Å²) in [6, 6.07) is 8.38. The summed E-state index contributed by atoms with van der Waals surface area (Å²) in [7, 11) is 0. The van der Waals surface area contributed by atoms with Crippen LogP contribution >= 0.6 is 11.6 Å². The van der Waals surface area contributed by atoms with Gasteiger partial charge in [-0.15, -0.1) is 0 Å². The highest BCUT2D eigenvalue weighted by atomic mass is 35.5. The van der Waals surface area contributed by atoms with Crippen LogP contribution in [0.3, 0.4) is 0 Å². The van der Waals surface area contributed by atoms with Crippen LogP contribution in [0, 0.1) is 15.9 Å². The minimum absolute atomic E-state index is 0.00364. The van der Waals surface area contributed by atoms with Crippen molar-refractivity contribution in [1.82, 2.24) is 9.97 Å². The molecule has 8 heteroatoms. The number of aromatic nitrogens is 2. The summed E-state index contributed by atoms with van der Waals surface area (Å²) >= 11 is 5.86. The van der Waals surface area contributed by atoms with Crippen molar-refractivity contribution in [3.63, 3.8) is 0 Å². The number of nitrogens with one attached hydrogen (secondary N) is 1. The third kappa shape index (κ3) is 2.66. The second-order valence-electron chi connectivity index (χ2n) is 4.43. The van der Waals surface area contributed by atoms with E-state index in [1.165, 1.54) is 42.7 Å². The summed E-state index contributed by atoms with van der Waals surface area (Å²) in [4.78, 5) is 18.5. The second kappa shape index (κ2) is 5.53. The van der Waals surface area contributed by atoms with E-state index in [9.17, 15) is 14.5 Å². The van der Waals surface area contributed by atoms with Crippen LogP contribution < -0.4 is 5.32 Å². The van der Waals surface area contributed by atoms with E-state index >= 15 is 0 Å². The lowest BCUT2D eigenvalue weighted by Crippen LogP contribution is -1.97. The Morgan fingerprint density at radius 3 is 2.59 bits per heavy atom. The van der Waals surface area contributed by atoms with Gasteiger partial charge in [0.15, 0.2) is 0 Å². The van der Waals surface area contributed by atoms with E-state index in [1.54, 1.807) is 0 Å². The molecule has 0 amide bonds. The fourth-order valence-corrected chi connectivity index (χ4v) is 2.20. The van der Waals surface area contributed by atoms with Crippen LogP contribution in [0.4, 0.5) is 21.6 Å². The number of halogens is 2. The van der Waals surface area contributed by atoms with Gasteiger partial charge in [-0.1, -0.05) is 11.6 Å². The number of hydrogen-bond acceptors (Lipinski definition) is 5. The molecule has 0 fully saturated rings. The van der Waals surface area contributed by atoms with E-state index < -0.39 is 4.92 Å². The van der Waals surface area contributed by atoms with Gasteiger partial charge in [-0.3, -0.25) is 10.1 Å². The number of hydrogen-bond donors (Lipinski definition) is 1. The molecule has 0 spiro atoms. The van der Waals surface area contributed by atoms with Crippen molar-refractivity contribution in [2.75, 3.05) is 5.32 Å². The summed E-state index contributed by atoms with van der Waals surface area (Å²) in [5.74, 6) is 0.0110. The average molecular weight is 319 g/mol. The van der Waals surface area contributed by atoms with Crippen molar-refractivity contribution >= 4 is 39.7 Å². The second-order valence-corrected chi connectivity index (χ2v) is 4.84. The number of rotatable bonds is 3. The Hall–Kier alpha value is -2.80. The van der Waals surface area contributed by atoms with Gasteiger partial charge in [-0.2, -0.15) is 0 Å². The van der Waals surface area contributed by atoms with E-state index in [1.807, 2.05) is 0 Å². The van der Waals surface area contributed by atoms with Gasteiger partial charge >= 0.3 is 0 Å². The molecule has 1 N–H and O–H groups in total. The number of fused-ring (bicyclic) bond motifs is 1. The lowest BCUT2D eigenvalue weighted by molar-refractivity contribution is -0.384. The molecule has 6 nitrogen and oxygen atoms in total. The number of benzene rings is 2. The predicted octanol–water partition coefficient (Wildman–Crippen LogP) is 4.07. The van der Waals surface area contributed by atoms with Gasteiger partial charge in [0.2, 0.25) is 0 Å². The Balaban J connectivity index is 2.11. The van der Waals surface area contributed by atoms with Gasteiger partial charge in [0.25, 0.3) is 5.69 Å². The molecule has 0 aliphatic heterocycles. The first kappa shape index (κ1) is 14.2. The SMILES string of the molecule is O=[N+]([O-])c1cc2c(Nc3ccc(F)cc3)ncnc2cc1Cl. The Labute approximate surface area is 128 Å². The first-order chi connectivity index (χ1) is 10.5. The zero-order valence-electron chi connectivity index (χ0n) is 11.0. The van der Waals surface area contributed by atoms with E-state index in [4.69, 9.17) is 11.6 Å². The molecule has 0 aliphatic carbocycles. The van der Waals surface area contributed by atoms with Gasteiger partial charge in [-0.05, 0) is 30.3 Å². The summed E-state index contributed by atoms with van der Waals surface area (Å²) in [6.45, 7) is 0. The molecule has 0 saturated carbocycles. The highest BCUT2D eigenvalue weighted by molar-refractivity contribution is 6.33. The molecule has 0 aliphatic rings. The van der Waals surface area contributed by atoms with Crippen molar-refractivity contribution in [2.45, 2.75) is 0 Å². The van der Waals surface area contributed by atoms with Crippen LogP contribution in [-0.2, 0) is 0 Å². The monoisotopic (exact) mass is 318 g/mol. The van der Waals surface area contributed by atoms with Crippen LogP contribution in [0.1, 0.15) is 0 Å². The lowest BCUT2D eigenvalue weighted by atomic mass is 10.2. The third-order valence-corrected chi connectivity index (χ3v) is 3.31. The first-order valence-corrected chi connectivity index (χ1v) is 6.53. The molecule has 2 aromatic carbocycles. The fraction of sp³-hybridized carbons (Fsp3) is 0. The van der Waals surface area contributed by atoms with Crippen LogP contribution in [0.5, 0.6) is 0 Å². The average Bonchev–Trinajstić information content (AvgIpc) is 2.49. The van der Waals surface area contributed by atoms with Gasteiger partial charge in [0, 0.05) is 17.1 Å². The number of nitro groups is 1. The first-order valence-electron chi connectivity index (χ1n) is 6.16. The maximum absolute atomic E-state index is 12.9. The summed E-state index contributed by atoms with van der Waals surface area (Å²) in [6.07, 6.45) is 1.32. The highest BCUT2D eigenvalue weighted by Gasteiger charge is 2.16. The Bertz CT molecular complexity index is 871. The Morgan fingerprint density at radius 1 is 1.18 bits per heavy atom. The van der Waals surface area contributed by atoms with Crippen molar-refractivity contribution in [2.24, 2.45) is 0 Å². The Morgan fingerprint density at radius 2 is 1.91 bits per heavy atom. The molecule has 0 saturated heterocycles. The van der Waals surface area contributed by atoms with Crippen LogP contribution in [0.2, 0.25) is 5.02 Å². The molecule has 3 aromatic rings. The predicted molar refractivity (Wildman–Crippen MR) is 80.9 cm³/mol. The fourth-order valence-electron chi connectivity index (χ4n) is 1.98. The molecule has 110 valence electrons. The molecular weight excluding hydrogens is 311 g/mol. The maximum atomic E-state index is 12.9. The van der Waals surface area contributed by atoms with Crippen LogP contribution in [0.15, 0.2) is 42.7 Å². The van der Waals surface area contributed by atoms with Crippen LogP contribution in [0.25, 0.3) is 10.9 Å². The van der Waals surface area contributed by atoms with Gasteiger partial charge in [0.05, 0.1) is 10.4 Å². The number of nitrogens with zero attached hydrogens (tertiary/aromatic N) is 3. The molecule has 0 bridgehead atoms. The maximum Gasteiger partial charge on any atom is 0.288 e. The quantitative estimate of drug-likeness (QED) is 0.581. The zero-order valence-corrected chi connectivity index (χ0v) is 11.7. The summed E-state index contributed by atoms with van der Waals surface area (Å²) in [5, 5.41) is 14.4. The lowest BCUT2D eigenvalue weighted by Gasteiger charge is -2.08. The molecule has 1 aromatic heterocycles. The van der Waals surface area contributed by atoms with Crippen LogP contribution in [-0.4, -0.2) is 14.9 Å². The summed E-state index contributed by atoms with van der Waals surface area (Å²) in [5.41, 5.74) is 0.834. The van der Waals surface area contributed by atoms with Gasteiger partial charge in [-0.25, -0.2) is 14.4 Å². The highest BCUT2D eigenvalue weighted by Crippen LogP contribution is 2.32. The van der Waals surface area contributed by atoms with Crippen molar-refractivity contribution < 1.29 is 9.31 Å². The van der Waals surface area contributed by atoms with Gasteiger partial charge in [0.1, 0.15) is 23.0 Å². The topological polar surface area (TPSA) is 81.0 Å². The molecule has 3 rings (SSSR count). The van der Waals surface area contributed by atoms with Crippen molar-refractivity contribution in [3.8, 4) is 0 Å². The van der Waals surface area contributed by atoms with E-state index in [0.717, 1.165) is 0 Å². The van der Waals surface area contributed by atoms with E-state index in [0.29, 0.717) is 22.4 Å². The Kier molecular flexibility index (Phi) is 3.56. The summed E-state index contributed by atoms with van der Waals surface area (Å²) < 4.78 is 12.9. The zero-order chi connectivity index (χ0) is 15.7.